The Kier molecular flexibility index (Phi) is 3.85. The monoisotopic (exact) mass is 265 g/mol. The molecule has 0 unspecified atom stereocenters. The molecule has 1 aromatic heterocycles. The summed E-state index contributed by atoms with van der Waals surface area (Å²) >= 11 is 0. The first kappa shape index (κ1) is 13.9. The fraction of sp³-hybridized carbons (Fsp3) is 0.643. The normalized spacial score (nSPS) is 18.7. The zero-order valence-corrected chi connectivity index (χ0v) is 12.1. The predicted octanol–water partition coefficient (Wildman–Crippen LogP) is 2.07. The van der Waals surface area contributed by atoms with Crippen molar-refractivity contribution in [3.63, 3.8) is 0 Å². The minimum atomic E-state index is -0.152. The van der Waals surface area contributed by atoms with E-state index in [1.165, 1.54) is 0 Å². The summed E-state index contributed by atoms with van der Waals surface area (Å²) in [5, 5.41) is 0. The Morgan fingerprint density at radius 1 is 1.42 bits per heavy atom. The molecule has 2 heterocycles. The number of aromatic nitrogens is 1. The van der Waals surface area contributed by atoms with Crippen LogP contribution in [0.5, 0.6) is 5.88 Å². The van der Waals surface area contributed by atoms with Crippen molar-refractivity contribution < 1.29 is 9.47 Å². The second kappa shape index (κ2) is 5.25. The van der Waals surface area contributed by atoms with E-state index in [4.69, 9.17) is 15.2 Å². The molecular formula is C14H23N3O2. The minimum Gasteiger partial charge on any atom is -0.473 e. The van der Waals surface area contributed by atoms with Crippen LogP contribution in [-0.4, -0.2) is 36.4 Å². The minimum absolute atomic E-state index is 0.0613. The number of morpholine rings is 1. The summed E-state index contributed by atoms with van der Waals surface area (Å²) in [6.07, 6.45) is 0.0613. The van der Waals surface area contributed by atoms with E-state index in [1.54, 1.807) is 0 Å². The number of ether oxygens (including phenoxy) is 2. The van der Waals surface area contributed by atoms with E-state index in [0.29, 0.717) is 18.2 Å². The Morgan fingerprint density at radius 3 is 2.79 bits per heavy atom. The first-order chi connectivity index (χ1) is 8.87. The molecule has 0 atom stereocenters. The van der Waals surface area contributed by atoms with Gasteiger partial charge in [0.25, 0.3) is 0 Å². The van der Waals surface area contributed by atoms with E-state index in [1.807, 2.05) is 26.0 Å². The number of nitrogens with zero attached hydrogens (tertiary/aromatic N) is 2. The number of hydrogen-bond acceptors (Lipinski definition) is 5. The number of nitrogens with two attached hydrogens (primary N) is 1. The molecule has 2 rings (SSSR count). The van der Waals surface area contributed by atoms with E-state index in [2.05, 4.69) is 23.7 Å². The van der Waals surface area contributed by atoms with Crippen LogP contribution in [0.15, 0.2) is 12.1 Å². The van der Waals surface area contributed by atoms with Crippen LogP contribution in [0.25, 0.3) is 0 Å². The molecule has 19 heavy (non-hydrogen) atoms. The van der Waals surface area contributed by atoms with Gasteiger partial charge in [-0.05, 0) is 39.8 Å². The molecule has 1 saturated heterocycles. The Bertz CT molecular complexity index is 446. The molecule has 1 aliphatic rings. The largest absolute Gasteiger partial charge is 0.473 e. The van der Waals surface area contributed by atoms with Crippen LogP contribution >= 0.6 is 0 Å². The van der Waals surface area contributed by atoms with Crippen molar-refractivity contribution in [3.05, 3.63) is 12.1 Å². The van der Waals surface area contributed by atoms with E-state index >= 15 is 0 Å². The molecule has 2 N–H and O–H groups in total. The Labute approximate surface area is 114 Å². The van der Waals surface area contributed by atoms with Crippen LogP contribution in [0.1, 0.15) is 27.7 Å². The van der Waals surface area contributed by atoms with Crippen LogP contribution < -0.4 is 15.4 Å². The third-order valence-electron chi connectivity index (χ3n) is 2.97. The summed E-state index contributed by atoms with van der Waals surface area (Å²) in [5.41, 5.74) is 6.31. The van der Waals surface area contributed by atoms with Gasteiger partial charge >= 0.3 is 0 Å². The maximum atomic E-state index is 5.89. The molecule has 0 aromatic carbocycles. The zero-order chi connectivity index (χ0) is 14.0. The molecule has 1 aliphatic heterocycles. The second-order valence-corrected chi connectivity index (χ2v) is 5.76. The summed E-state index contributed by atoms with van der Waals surface area (Å²) in [6, 6.07) is 3.78. The lowest BCUT2D eigenvalue weighted by molar-refractivity contribution is -0.0279. The molecule has 5 nitrogen and oxygen atoms in total. The second-order valence-electron chi connectivity index (χ2n) is 5.76. The fourth-order valence-corrected chi connectivity index (χ4v) is 2.15. The van der Waals surface area contributed by atoms with Crippen molar-refractivity contribution in [2.24, 2.45) is 0 Å². The lowest BCUT2D eigenvalue weighted by Gasteiger charge is -2.38. The zero-order valence-electron chi connectivity index (χ0n) is 12.1. The first-order valence-electron chi connectivity index (χ1n) is 6.69. The molecule has 5 heteroatoms. The van der Waals surface area contributed by atoms with Crippen molar-refractivity contribution in [2.75, 3.05) is 30.3 Å². The maximum absolute atomic E-state index is 5.89. The average Bonchev–Trinajstić information content (AvgIpc) is 2.30. The van der Waals surface area contributed by atoms with Crippen molar-refractivity contribution in [2.45, 2.75) is 39.4 Å². The van der Waals surface area contributed by atoms with Crippen LogP contribution in [0.2, 0.25) is 0 Å². The summed E-state index contributed by atoms with van der Waals surface area (Å²) in [7, 11) is 0. The molecule has 0 bridgehead atoms. The highest BCUT2D eigenvalue weighted by molar-refractivity contribution is 5.55. The van der Waals surface area contributed by atoms with E-state index in [0.717, 1.165) is 18.9 Å². The fourth-order valence-electron chi connectivity index (χ4n) is 2.15. The van der Waals surface area contributed by atoms with E-state index < -0.39 is 0 Å². The third kappa shape index (κ3) is 3.50. The number of pyridine rings is 1. The summed E-state index contributed by atoms with van der Waals surface area (Å²) in [5.74, 6) is 1.40. The predicted molar refractivity (Wildman–Crippen MR) is 76.7 cm³/mol. The summed E-state index contributed by atoms with van der Waals surface area (Å²) in [6.45, 7) is 10.5. The standard InChI is InChI=1S/C14H23N3O2/c1-10(2)19-13-11(15)5-6-12(16-13)17-7-8-18-14(3,4)9-17/h5-6,10H,7-9,15H2,1-4H3. The van der Waals surface area contributed by atoms with Crippen LogP contribution in [-0.2, 0) is 4.74 Å². The van der Waals surface area contributed by atoms with Gasteiger partial charge in [-0.2, -0.15) is 4.98 Å². The molecule has 0 amide bonds. The quantitative estimate of drug-likeness (QED) is 0.906. The lowest BCUT2D eigenvalue weighted by atomic mass is 10.1. The molecule has 0 aliphatic carbocycles. The highest BCUT2D eigenvalue weighted by Gasteiger charge is 2.28. The molecule has 106 valence electrons. The highest BCUT2D eigenvalue weighted by atomic mass is 16.5. The number of nitrogen functional groups attached to an aromatic ring is 1. The molecule has 1 aromatic rings. The van der Waals surface area contributed by atoms with Gasteiger partial charge in [-0.3, -0.25) is 0 Å². The number of hydrogen-bond donors (Lipinski definition) is 1. The molecular weight excluding hydrogens is 242 g/mol. The first-order valence-corrected chi connectivity index (χ1v) is 6.69. The lowest BCUT2D eigenvalue weighted by Crippen LogP contribution is -2.48. The Hall–Kier alpha value is -1.49. The Morgan fingerprint density at radius 2 is 2.16 bits per heavy atom. The average molecular weight is 265 g/mol. The number of anilines is 2. The summed E-state index contributed by atoms with van der Waals surface area (Å²) in [4.78, 5) is 6.73. The van der Waals surface area contributed by atoms with Gasteiger partial charge in [0.05, 0.1) is 24.0 Å². The topological polar surface area (TPSA) is 60.6 Å². The third-order valence-corrected chi connectivity index (χ3v) is 2.97. The number of rotatable bonds is 3. The van der Waals surface area contributed by atoms with Crippen molar-refractivity contribution in [3.8, 4) is 5.88 Å². The van der Waals surface area contributed by atoms with Crippen molar-refractivity contribution in [1.82, 2.24) is 4.98 Å². The van der Waals surface area contributed by atoms with E-state index in [-0.39, 0.29) is 11.7 Å². The van der Waals surface area contributed by atoms with Gasteiger partial charge in [0.2, 0.25) is 5.88 Å². The van der Waals surface area contributed by atoms with Gasteiger partial charge in [-0.1, -0.05) is 0 Å². The van der Waals surface area contributed by atoms with Crippen molar-refractivity contribution in [1.29, 1.82) is 0 Å². The van der Waals surface area contributed by atoms with Gasteiger partial charge in [-0.25, -0.2) is 0 Å². The Balaban J connectivity index is 2.20. The van der Waals surface area contributed by atoms with Crippen LogP contribution in [0, 0.1) is 0 Å². The SMILES string of the molecule is CC(C)Oc1nc(N2CCOC(C)(C)C2)ccc1N. The van der Waals surface area contributed by atoms with Gasteiger partial charge in [-0.15, -0.1) is 0 Å². The van der Waals surface area contributed by atoms with Crippen molar-refractivity contribution >= 4 is 11.5 Å². The van der Waals surface area contributed by atoms with Gasteiger partial charge in [0.1, 0.15) is 5.82 Å². The van der Waals surface area contributed by atoms with Gasteiger partial charge < -0.3 is 20.1 Å². The smallest absolute Gasteiger partial charge is 0.239 e. The van der Waals surface area contributed by atoms with Gasteiger partial charge in [0, 0.05) is 13.1 Å². The summed E-state index contributed by atoms with van der Waals surface area (Å²) < 4.78 is 11.3. The van der Waals surface area contributed by atoms with Crippen LogP contribution in [0.3, 0.4) is 0 Å². The molecule has 1 fully saturated rings. The molecule has 0 saturated carbocycles. The molecule has 0 spiro atoms. The molecule has 0 radical (unpaired) electrons. The van der Waals surface area contributed by atoms with E-state index in [9.17, 15) is 0 Å². The van der Waals surface area contributed by atoms with Gasteiger partial charge in [0.15, 0.2) is 0 Å². The maximum Gasteiger partial charge on any atom is 0.239 e. The highest BCUT2D eigenvalue weighted by Crippen LogP contribution is 2.27. The van der Waals surface area contributed by atoms with Crippen LogP contribution in [0.4, 0.5) is 11.5 Å².